The average Bonchev–Trinajstić information content (AvgIpc) is 2.83. The maximum absolute atomic E-state index is 12.1. The summed E-state index contributed by atoms with van der Waals surface area (Å²) in [6.45, 7) is 4.53. The van der Waals surface area contributed by atoms with Crippen LogP contribution >= 0.6 is 12.4 Å². The van der Waals surface area contributed by atoms with E-state index in [1.807, 2.05) is 18.9 Å². The number of carbonyl (C=O) groups is 1. The second-order valence-corrected chi connectivity index (χ2v) is 4.96. The van der Waals surface area contributed by atoms with Crippen molar-refractivity contribution in [2.45, 2.75) is 26.2 Å². The van der Waals surface area contributed by atoms with E-state index in [0.29, 0.717) is 5.76 Å². The van der Waals surface area contributed by atoms with Gasteiger partial charge in [0.15, 0.2) is 0 Å². The fourth-order valence-corrected chi connectivity index (χ4v) is 2.39. The smallest absolute Gasteiger partial charge is 0.292 e. The normalized spacial score (nSPS) is 16.2. The van der Waals surface area contributed by atoms with Crippen molar-refractivity contribution in [3.05, 3.63) is 17.5 Å². The minimum atomic E-state index is -0.0253. The first-order chi connectivity index (χ1) is 8.70. The monoisotopic (exact) mass is 287 g/mol. The van der Waals surface area contributed by atoms with Crippen LogP contribution < -0.4 is 5.32 Å². The number of hydrogen-bond acceptors (Lipinski definition) is 4. The summed E-state index contributed by atoms with van der Waals surface area (Å²) in [6.07, 6.45) is 3.36. The van der Waals surface area contributed by atoms with Crippen LogP contribution in [0.5, 0.6) is 0 Å². The van der Waals surface area contributed by atoms with E-state index in [1.165, 1.54) is 6.42 Å². The van der Waals surface area contributed by atoms with Crippen molar-refractivity contribution in [1.29, 1.82) is 0 Å². The molecule has 1 amide bonds. The van der Waals surface area contributed by atoms with E-state index in [4.69, 9.17) is 4.52 Å². The summed E-state index contributed by atoms with van der Waals surface area (Å²) < 4.78 is 5.02. The summed E-state index contributed by atoms with van der Waals surface area (Å²) in [6, 6.07) is 1.70. The van der Waals surface area contributed by atoms with E-state index in [2.05, 4.69) is 10.5 Å². The molecule has 1 aromatic heterocycles. The molecule has 0 saturated carbocycles. The highest BCUT2D eigenvalue weighted by Gasteiger charge is 2.25. The van der Waals surface area contributed by atoms with Crippen LogP contribution in [0.4, 0.5) is 0 Å². The Labute approximate surface area is 120 Å². The Bertz CT molecular complexity index is 400. The zero-order valence-corrected chi connectivity index (χ0v) is 12.3. The number of nitrogens with zero attached hydrogens (tertiary/aromatic N) is 2. The number of amides is 1. The first kappa shape index (κ1) is 16.0. The molecule has 1 fully saturated rings. The molecule has 5 nitrogen and oxygen atoms in total. The van der Waals surface area contributed by atoms with Crippen LogP contribution in [0.15, 0.2) is 10.6 Å². The Morgan fingerprint density at radius 1 is 1.53 bits per heavy atom. The Morgan fingerprint density at radius 3 is 2.74 bits per heavy atom. The molecule has 2 rings (SSSR count). The molecular weight excluding hydrogens is 266 g/mol. The zero-order valence-electron chi connectivity index (χ0n) is 11.5. The number of hydrogen-bond donors (Lipinski definition) is 1. The van der Waals surface area contributed by atoms with Crippen LogP contribution in [-0.2, 0) is 0 Å². The van der Waals surface area contributed by atoms with Gasteiger partial charge in [0, 0.05) is 19.2 Å². The van der Waals surface area contributed by atoms with E-state index >= 15 is 0 Å². The van der Waals surface area contributed by atoms with E-state index in [1.54, 1.807) is 6.07 Å². The number of halogens is 1. The van der Waals surface area contributed by atoms with Gasteiger partial charge in [-0.05, 0) is 45.7 Å². The number of nitrogens with one attached hydrogen (secondary N) is 1. The van der Waals surface area contributed by atoms with E-state index in [9.17, 15) is 4.79 Å². The molecule has 0 aromatic carbocycles. The zero-order chi connectivity index (χ0) is 13.0. The first-order valence-corrected chi connectivity index (χ1v) is 6.58. The van der Waals surface area contributed by atoms with Crippen LogP contribution in [0.3, 0.4) is 0 Å². The molecule has 1 aliphatic heterocycles. The Balaban J connectivity index is 0.00000180. The predicted octanol–water partition coefficient (Wildman–Crippen LogP) is 1.87. The van der Waals surface area contributed by atoms with Gasteiger partial charge in [0.1, 0.15) is 0 Å². The molecular formula is C13H22ClN3O2. The molecule has 0 aliphatic carbocycles. The third kappa shape index (κ3) is 4.21. The molecule has 0 spiro atoms. The van der Waals surface area contributed by atoms with Gasteiger partial charge in [0.25, 0.3) is 5.91 Å². The largest absolute Gasteiger partial charge is 0.351 e. The van der Waals surface area contributed by atoms with Crippen molar-refractivity contribution in [1.82, 2.24) is 15.4 Å². The lowest BCUT2D eigenvalue weighted by molar-refractivity contribution is 0.0645. The quantitative estimate of drug-likeness (QED) is 0.918. The minimum absolute atomic E-state index is 0. The molecule has 2 heterocycles. The number of aromatic nitrogens is 1. The molecule has 1 aromatic rings. The number of carbonyl (C=O) groups excluding carboxylic acids is 1. The molecule has 0 radical (unpaired) electrons. The Morgan fingerprint density at radius 2 is 2.21 bits per heavy atom. The summed E-state index contributed by atoms with van der Waals surface area (Å²) in [5, 5.41) is 6.93. The summed E-state index contributed by atoms with van der Waals surface area (Å²) in [5.74, 6) is 1.07. The second kappa shape index (κ2) is 7.50. The summed E-state index contributed by atoms with van der Waals surface area (Å²) in [4.78, 5) is 14.0. The van der Waals surface area contributed by atoms with Gasteiger partial charge in [-0.2, -0.15) is 0 Å². The lowest BCUT2D eigenvalue weighted by Gasteiger charge is -2.31. The lowest BCUT2D eigenvalue weighted by Crippen LogP contribution is -2.38. The first-order valence-electron chi connectivity index (χ1n) is 6.58. The standard InChI is InChI=1S/C13H21N3O2.ClH/c1-10-9-12(18-15-10)13(17)16-7-4-11(5-8-16)3-6-14-2;/h9,11,14H,3-8H2,1-2H3;1H. The molecule has 0 bridgehead atoms. The lowest BCUT2D eigenvalue weighted by atomic mass is 9.93. The molecule has 0 atom stereocenters. The van der Waals surface area contributed by atoms with Crippen molar-refractivity contribution in [3.8, 4) is 0 Å². The van der Waals surface area contributed by atoms with Crippen molar-refractivity contribution >= 4 is 18.3 Å². The van der Waals surface area contributed by atoms with Gasteiger partial charge in [0.05, 0.1) is 5.69 Å². The fourth-order valence-electron chi connectivity index (χ4n) is 2.39. The maximum Gasteiger partial charge on any atom is 0.292 e. The van der Waals surface area contributed by atoms with E-state index in [-0.39, 0.29) is 18.3 Å². The van der Waals surface area contributed by atoms with E-state index < -0.39 is 0 Å². The van der Waals surface area contributed by atoms with Crippen LogP contribution in [0.2, 0.25) is 0 Å². The molecule has 0 unspecified atom stereocenters. The third-order valence-electron chi connectivity index (χ3n) is 3.54. The summed E-state index contributed by atoms with van der Waals surface area (Å²) in [5.41, 5.74) is 0.752. The average molecular weight is 288 g/mol. The van der Waals surface area contributed by atoms with E-state index in [0.717, 1.165) is 44.1 Å². The van der Waals surface area contributed by atoms with Gasteiger partial charge in [-0.3, -0.25) is 4.79 Å². The molecule has 108 valence electrons. The van der Waals surface area contributed by atoms with Gasteiger partial charge < -0.3 is 14.7 Å². The Hall–Kier alpha value is -1.07. The number of piperidine rings is 1. The van der Waals surface area contributed by atoms with Crippen molar-refractivity contribution in [3.63, 3.8) is 0 Å². The van der Waals surface area contributed by atoms with Gasteiger partial charge >= 0.3 is 0 Å². The maximum atomic E-state index is 12.1. The van der Waals surface area contributed by atoms with Crippen LogP contribution in [0.1, 0.15) is 35.5 Å². The number of aryl methyl sites for hydroxylation is 1. The van der Waals surface area contributed by atoms with Crippen LogP contribution in [-0.4, -0.2) is 42.6 Å². The van der Waals surface area contributed by atoms with Crippen molar-refractivity contribution in [2.75, 3.05) is 26.7 Å². The second-order valence-electron chi connectivity index (χ2n) is 4.96. The number of rotatable bonds is 4. The molecule has 1 N–H and O–H groups in total. The van der Waals surface area contributed by atoms with Gasteiger partial charge in [0.2, 0.25) is 5.76 Å². The minimum Gasteiger partial charge on any atom is -0.351 e. The molecule has 19 heavy (non-hydrogen) atoms. The molecule has 6 heteroatoms. The molecule has 1 aliphatic rings. The van der Waals surface area contributed by atoms with Crippen LogP contribution in [0, 0.1) is 12.8 Å². The highest BCUT2D eigenvalue weighted by molar-refractivity contribution is 5.91. The highest BCUT2D eigenvalue weighted by Crippen LogP contribution is 2.21. The Kier molecular flexibility index (Phi) is 6.31. The topological polar surface area (TPSA) is 58.4 Å². The highest BCUT2D eigenvalue weighted by atomic mass is 35.5. The number of likely N-dealkylation sites (tertiary alicyclic amines) is 1. The van der Waals surface area contributed by atoms with Gasteiger partial charge in [-0.15, -0.1) is 12.4 Å². The predicted molar refractivity (Wildman–Crippen MR) is 75.7 cm³/mol. The van der Waals surface area contributed by atoms with Crippen LogP contribution in [0.25, 0.3) is 0 Å². The van der Waals surface area contributed by atoms with Gasteiger partial charge in [-0.25, -0.2) is 0 Å². The van der Waals surface area contributed by atoms with Gasteiger partial charge in [-0.1, -0.05) is 5.16 Å². The van der Waals surface area contributed by atoms with Crippen molar-refractivity contribution < 1.29 is 9.32 Å². The fraction of sp³-hybridized carbons (Fsp3) is 0.692. The van der Waals surface area contributed by atoms with Crippen molar-refractivity contribution in [2.24, 2.45) is 5.92 Å². The summed E-state index contributed by atoms with van der Waals surface area (Å²) >= 11 is 0. The SMILES string of the molecule is CNCCC1CCN(C(=O)c2cc(C)no2)CC1.Cl. The summed E-state index contributed by atoms with van der Waals surface area (Å²) in [7, 11) is 1.98. The molecule has 1 saturated heterocycles. The third-order valence-corrected chi connectivity index (χ3v) is 3.54.